The Hall–Kier alpha value is -1.49. The molecular formula is C15H20F2N2O. The zero-order valence-electron chi connectivity index (χ0n) is 11.8. The summed E-state index contributed by atoms with van der Waals surface area (Å²) >= 11 is 0. The number of carbonyl (C=O) groups is 1. The number of hydrogen-bond acceptors (Lipinski definition) is 2. The maximum absolute atomic E-state index is 13.7. The number of piperidine rings is 1. The molecule has 5 heteroatoms. The number of carbonyl (C=O) groups excluding carboxylic acids is 1. The van der Waals surface area contributed by atoms with E-state index in [1.54, 1.807) is 6.92 Å². The highest BCUT2D eigenvalue weighted by Gasteiger charge is 2.22. The quantitative estimate of drug-likeness (QED) is 0.924. The molecule has 1 heterocycles. The first-order valence-electron chi connectivity index (χ1n) is 6.94. The van der Waals surface area contributed by atoms with Gasteiger partial charge in [0.05, 0.1) is 0 Å². The van der Waals surface area contributed by atoms with Gasteiger partial charge in [-0.3, -0.25) is 4.79 Å². The molecule has 0 spiro atoms. The summed E-state index contributed by atoms with van der Waals surface area (Å²) < 4.78 is 26.6. The van der Waals surface area contributed by atoms with Crippen molar-refractivity contribution in [3.05, 3.63) is 35.4 Å². The summed E-state index contributed by atoms with van der Waals surface area (Å²) in [6, 6.07) is 3.74. The van der Waals surface area contributed by atoms with Crippen molar-refractivity contribution in [3.63, 3.8) is 0 Å². The lowest BCUT2D eigenvalue weighted by Gasteiger charge is -2.33. The van der Waals surface area contributed by atoms with Gasteiger partial charge in [0.15, 0.2) is 0 Å². The number of rotatable bonds is 3. The van der Waals surface area contributed by atoms with E-state index in [9.17, 15) is 13.6 Å². The second-order valence-electron chi connectivity index (χ2n) is 5.33. The summed E-state index contributed by atoms with van der Waals surface area (Å²) in [4.78, 5) is 13.1. The molecule has 0 bridgehead atoms. The van der Waals surface area contributed by atoms with Crippen molar-refractivity contribution >= 4 is 5.91 Å². The summed E-state index contributed by atoms with van der Waals surface area (Å²) in [7, 11) is 0. The molecule has 0 saturated carbocycles. The fourth-order valence-corrected chi connectivity index (χ4v) is 2.66. The van der Waals surface area contributed by atoms with Crippen LogP contribution in [0.15, 0.2) is 18.2 Å². The van der Waals surface area contributed by atoms with Crippen LogP contribution in [0, 0.1) is 11.6 Å². The normalized spacial score (nSPS) is 18.1. The molecule has 0 unspecified atom stereocenters. The lowest BCUT2D eigenvalue weighted by Crippen LogP contribution is -2.44. The molecule has 1 amide bonds. The minimum absolute atomic E-state index is 0.0982. The molecule has 3 nitrogen and oxygen atoms in total. The van der Waals surface area contributed by atoms with Gasteiger partial charge in [-0.2, -0.15) is 0 Å². The van der Waals surface area contributed by atoms with Gasteiger partial charge in [-0.15, -0.1) is 0 Å². The van der Waals surface area contributed by atoms with Crippen LogP contribution in [0.3, 0.4) is 0 Å². The standard InChI is InChI=1S/C15H20F2N2O/c1-10(14-4-3-12(16)9-15(14)17)18-13-5-7-19(8-6-13)11(2)20/h3-4,9-10,13,18H,5-8H2,1-2H3/t10-/m0/s1. The summed E-state index contributed by atoms with van der Waals surface area (Å²) in [5.74, 6) is -0.986. The van der Waals surface area contributed by atoms with Crippen LogP contribution in [0.1, 0.15) is 38.3 Å². The third-order valence-corrected chi connectivity index (χ3v) is 3.85. The van der Waals surface area contributed by atoms with Crippen LogP contribution in [0.25, 0.3) is 0 Å². The zero-order chi connectivity index (χ0) is 14.7. The molecule has 1 N–H and O–H groups in total. The van der Waals surface area contributed by atoms with E-state index in [1.807, 2.05) is 11.8 Å². The van der Waals surface area contributed by atoms with Crippen LogP contribution in [-0.2, 0) is 4.79 Å². The molecule has 20 heavy (non-hydrogen) atoms. The topological polar surface area (TPSA) is 32.3 Å². The highest BCUT2D eigenvalue weighted by atomic mass is 19.1. The molecule has 1 aromatic rings. The highest BCUT2D eigenvalue weighted by molar-refractivity contribution is 5.73. The van der Waals surface area contributed by atoms with Gasteiger partial charge in [0.25, 0.3) is 0 Å². The Morgan fingerprint density at radius 1 is 1.35 bits per heavy atom. The fourth-order valence-electron chi connectivity index (χ4n) is 2.66. The molecular weight excluding hydrogens is 262 g/mol. The minimum Gasteiger partial charge on any atom is -0.343 e. The number of likely N-dealkylation sites (tertiary alicyclic amines) is 1. The summed E-state index contributed by atoms with van der Waals surface area (Å²) in [6.45, 7) is 4.90. The first kappa shape index (κ1) is 14.9. The Morgan fingerprint density at radius 3 is 2.55 bits per heavy atom. The molecule has 1 atom stereocenters. The van der Waals surface area contributed by atoms with Gasteiger partial charge in [0, 0.05) is 43.7 Å². The zero-order valence-corrected chi connectivity index (χ0v) is 11.8. The predicted molar refractivity (Wildman–Crippen MR) is 73.2 cm³/mol. The molecule has 2 rings (SSSR count). The van der Waals surface area contributed by atoms with E-state index in [0.29, 0.717) is 5.56 Å². The van der Waals surface area contributed by atoms with Crippen molar-refractivity contribution in [2.45, 2.75) is 38.8 Å². The van der Waals surface area contributed by atoms with Crippen LogP contribution < -0.4 is 5.32 Å². The lowest BCUT2D eigenvalue weighted by atomic mass is 10.0. The van der Waals surface area contributed by atoms with Crippen molar-refractivity contribution in [1.29, 1.82) is 0 Å². The molecule has 1 fully saturated rings. The predicted octanol–water partition coefficient (Wildman–Crippen LogP) is 2.63. The largest absolute Gasteiger partial charge is 0.343 e. The highest BCUT2D eigenvalue weighted by Crippen LogP contribution is 2.20. The van der Waals surface area contributed by atoms with Gasteiger partial charge < -0.3 is 10.2 Å². The summed E-state index contributed by atoms with van der Waals surface area (Å²) in [6.07, 6.45) is 1.71. The Morgan fingerprint density at radius 2 is 2.00 bits per heavy atom. The van der Waals surface area contributed by atoms with Gasteiger partial charge >= 0.3 is 0 Å². The van der Waals surface area contributed by atoms with E-state index < -0.39 is 11.6 Å². The Kier molecular flexibility index (Phi) is 4.70. The van der Waals surface area contributed by atoms with Crippen LogP contribution in [0.5, 0.6) is 0 Å². The first-order chi connectivity index (χ1) is 9.47. The van der Waals surface area contributed by atoms with E-state index in [0.717, 1.165) is 32.0 Å². The fraction of sp³-hybridized carbons (Fsp3) is 0.533. The van der Waals surface area contributed by atoms with Crippen molar-refractivity contribution in [2.24, 2.45) is 0 Å². The second-order valence-corrected chi connectivity index (χ2v) is 5.33. The molecule has 0 aromatic heterocycles. The number of nitrogens with zero attached hydrogens (tertiary/aromatic N) is 1. The third-order valence-electron chi connectivity index (χ3n) is 3.85. The van der Waals surface area contributed by atoms with E-state index in [4.69, 9.17) is 0 Å². The smallest absolute Gasteiger partial charge is 0.219 e. The van der Waals surface area contributed by atoms with Crippen LogP contribution >= 0.6 is 0 Å². The monoisotopic (exact) mass is 282 g/mol. The summed E-state index contributed by atoms with van der Waals surface area (Å²) in [5, 5.41) is 3.35. The van der Waals surface area contributed by atoms with E-state index in [-0.39, 0.29) is 18.0 Å². The maximum Gasteiger partial charge on any atom is 0.219 e. The van der Waals surface area contributed by atoms with E-state index >= 15 is 0 Å². The van der Waals surface area contributed by atoms with Crippen molar-refractivity contribution in [3.8, 4) is 0 Å². The van der Waals surface area contributed by atoms with Gasteiger partial charge in [-0.1, -0.05) is 6.07 Å². The van der Waals surface area contributed by atoms with Crippen LogP contribution in [0.4, 0.5) is 8.78 Å². The SMILES string of the molecule is CC(=O)N1CCC(N[C@@H](C)c2ccc(F)cc2F)CC1. The van der Waals surface area contributed by atoms with Crippen molar-refractivity contribution in [1.82, 2.24) is 10.2 Å². The van der Waals surface area contributed by atoms with Gasteiger partial charge in [0.1, 0.15) is 11.6 Å². The number of benzene rings is 1. The average molecular weight is 282 g/mol. The Balaban J connectivity index is 1.92. The molecule has 110 valence electrons. The molecule has 0 radical (unpaired) electrons. The minimum atomic E-state index is -0.562. The maximum atomic E-state index is 13.7. The number of halogens is 2. The van der Waals surface area contributed by atoms with E-state index in [1.165, 1.54) is 12.1 Å². The third kappa shape index (κ3) is 3.54. The Bertz CT molecular complexity index is 485. The number of nitrogens with one attached hydrogen (secondary N) is 1. The van der Waals surface area contributed by atoms with Crippen molar-refractivity contribution in [2.75, 3.05) is 13.1 Å². The summed E-state index contributed by atoms with van der Waals surface area (Å²) in [5.41, 5.74) is 0.473. The molecule has 1 aromatic carbocycles. The average Bonchev–Trinajstić information content (AvgIpc) is 2.39. The lowest BCUT2D eigenvalue weighted by molar-refractivity contribution is -0.129. The van der Waals surface area contributed by atoms with Gasteiger partial charge in [-0.25, -0.2) is 8.78 Å². The second kappa shape index (κ2) is 6.31. The number of hydrogen-bond donors (Lipinski definition) is 1. The van der Waals surface area contributed by atoms with Gasteiger partial charge in [0.2, 0.25) is 5.91 Å². The Labute approximate surface area is 118 Å². The van der Waals surface area contributed by atoms with E-state index in [2.05, 4.69) is 5.32 Å². The molecule has 1 aliphatic rings. The van der Waals surface area contributed by atoms with Gasteiger partial charge in [-0.05, 0) is 25.8 Å². The van der Waals surface area contributed by atoms with Crippen molar-refractivity contribution < 1.29 is 13.6 Å². The molecule has 0 aliphatic carbocycles. The molecule has 1 saturated heterocycles. The first-order valence-corrected chi connectivity index (χ1v) is 6.94. The van der Waals surface area contributed by atoms with Crippen LogP contribution in [0.2, 0.25) is 0 Å². The number of amides is 1. The van der Waals surface area contributed by atoms with Crippen LogP contribution in [-0.4, -0.2) is 29.9 Å². The molecule has 1 aliphatic heterocycles.